The van der Waals surface area contributed by atoms with Crippen LogP contribution in [0, 0.1) is 0 Å². The molecule has 1 atom stereocenters. The molecule has 0 aliphatic carbocycles. The maximum atomic E-state index is 12.2. The van der Waals surface area contributed by atoms with Gasteiger partial charge in [-0.15, -0.1) is 10.2 Å². The van der Waals surface area contributed by atoms with Gasteiger partial charge in [0.1, 0.15) is 6.33 Å². The highest BCUT2D eigenvalue weighted by Gasteiger charge is 2.19. The summed E-state index contributed by atoms with van der Waals surface area (Å²) in [6.45, 7) is 3.19. The molecule has 0 fully saturated rings. The quantitative estimate of drug-likeness (QED) is 0.490. The van der Waals surface area contributed by atoms with Crippen molar-refractivity contribution < 1.29 is 9.59 Å². The maximum absolute atomic E-state index is 12.2. The number of hydrogen-bond donors (Lipinski definition) is 2. The Labute approximate surface area is 125 Å². The van der Waals surface area contributed by atoms with Gasteiger partial charge in [0.05, 0.1) is 10.9 Å². The van der Waals surface area contributed by atoms with Crippen molar-refractivity contribution >= 4 is 29.1 Å². The summed E-state index contributed by atoms with van der Waals surface area (Å²) in [4.78, 5) is 23.7. The molecule has 0 saturated heterocycles. The van der Waals surface area contributed by atoms with Crippen molar-refractivity contribution in [1.82, 2.24) is 14.9 Å². The van der Waals surface area contributed by atoms with Crippen LogP contribution in [-0.2, 0) is 4.79 Å². The molecule has 110 valence electrons. The van der Waals surface area contributed by atoms with Gasteiger partial charge in [0, 0.05) is 5.56 Å². The van der Waals surface area contributed by atoms with Gasteiger partial charge in [0.25, 0.3) is 0 Å². The van der Waals surface area contributed by atoms with Crippen LogP contribution in [0.2, 0.25) is 0 Å². The molecule has 1 aromatic heterocycles. The van der Waals surface area contributed by atoms with Gasteiger partial charge in [-0.25, -0.2) is 4.68 Å². The van der Waals surface area contributed by atoms with E-state index in [1.807, 2.05) is 0 Å². The van der Waals surface area contributed by atoms with Gasteiger partial charge in [0.15, 0.2) is 5.78 Å². The number of thioether (sulfide) groups is 1. The monoisotopic (exact) mass is 305 g/mol. The first-order valence-electron chi connectivity index (χ1n) is 6.21. The first kappa shape index (κ1) is 15.0. The number of ketones is 1. The Morgan fingerprint density at radius 3 is 2.71 bits per heavy atom. The first-order valence-corrected chi connectivity index (χ1v) is 7.09. The molecule has 21 heavy (non-hydrogen) atoms. The minimum absolute atomic E-state index is 0.104. The van der Waals surface area contributed by atoms with Crippen LogP contribution >= 0.6 is 11.8 Å². The number of carbonyl (C=O) groups excluding carboxylic acids is 2. The minimum atomic E-state index is -0.434. The van der Waals surface area contributed by atoms with E-state index in [0.717, 1.165) is 0 Å². The lowest BCUT2D eigenvalue weighted by molar-refractivity contribution is -0.115. The topological polar surface area (TPSA) is 103 Å². The Morgan fingerprint density at radius 1 is 1.38 bits per heavy atom. The molecule has 1 heterocycles. The summed E-state index contributed by atoms with van der Waals surface area (Å²) < 4.78 is 1.25. The van der Waals surface area contributed by atoms with Gasteiger partial charge in [-0.3, -0.25) is 9.59 Å². The molecule has 2 rings (SSSR count). The van der Waals surface area contributed by atoms with Gasteiger partial charge in [-0.05, 0) is 26.0 Å². The number of rotatable bonds is 5. The highest BCUT2D eigenvalue weighted by Crippen LogP contribution is 2.22. The predicted octanol–water partition coefficient (Wildman–Crippen LogP) is 1.31. The number of nitrogens with one attached hydrogen (secondary N) is 1. The number of hydrogen-bond acceptors (Lipinski definition) is 6. The summed E-state index contributed by atoms with van der Waals surface area (Å²) in [5.74, 6) is 5.26. The summed E-state index contributed by atoms with van der Waals surface area (Å²) in [6, 6.07) is 6.88. The zero-order chi connectivity index (χ0) is 15.4. The zero-order valence-corrected chi connectivity index (χ0v) is 12.4. The van der Waals surface area contributed by atoms with E-state index in [2.05, 4.69) is 15.5 Å². The van der Waals surface area contributed by atoms with E-state index in [1.54, 1.807) is 31.2 Å². The van der Waals surface area contributed by atoms with Crippen LogP contribution in [-0.4, -0.2) is 31.8 Å². The Balaban J connectivity index is 2.08. The van der Waals surface area contributed by atoms with Gasteiger partial charge in [-0.1, -0.05) is 23.9 Å². The second-order valence-corrected chi connectivity index (χ2v) is 5.68. The normalized spacial score (nSPS) is 11.9. The molecule has 0 unspecified atom stereocenters. The molecule has 0 radical (unpaired) electrons. The second-order valence-electron chi connectivity index (χ2n) is 4.37. The third-order valence-electron chi connectivity index (χ3n) is 2.76. The second kappa shape index (κ2) is 6.40. The summed E-state index contributed by atoms with van der Waals surface area (Å²) >= 11 is 1.19. The number of nitrogens with zero attached hydrogens (tertiary/aromatic N) is 3. The van der Waals surface area contributed by atoms with E-state index in [4.69, 9.17) is 5.84 Å². The van der Waals surface area contributed by atoms with Crippen molar-refractivity contribution in [1.29, 1.82) is 0 Å². The van der Waals surface area contributed by atoms with Crippen molar-refractivity contribution in [2.24, 2.45) is 0 Å². The fourth-order valence-electron chi connectivity index (χ4n) is 1.66. The van der Waals surface area contributed by atoms with E-state index in [0.29, 0.717) is 16.4 Å². The highest BCUT2D eigenvalue weighted by molar-refractivity contribution is 8.00. The summed E-state index contributed by atoms with van der Waals surface area (Å²) in [7, 11) is 0. The average molecular weight is 305 g/mol. The lowest BCUT2D eigenvalue weighted by Crippen LogP contribution is -2.24. The number of nitrogen functional groups attached to an aromatic ring is 1. The van der Waals surface area contributed by atoms with E-state index in [9.17, 15) is 9.59 Å². The van der Waals surface area contributed by atoms with Crippen LogP contribution in [0.4, 0.5) is 5.69 Å². The number of benzene rings is 1. The van der Waals surface area contributed by atoms with Crippen molar-refractivity contribution in [3.63, 3.8) is 0 Å². The lowest BCUT2D eigenvalue weighted by atomic mass is 10.1. The molecule has 0 saturated carbocycles. The number of para-hydroxylation sites is 1. The van der Waals surface area contributed by atoms with Crippen LogP contribution in [0.25, 0.3) is 0 Å². The van der Waals surface area contributed by atoms with Crippen molar-refractivity contribution in [3.8, 4) is 0 Å². The van der Waals surface area contributed by atoms with Gasteiger partial charge in [0.2, 0.25) is 11.1 Å². The van der Waals surface area contributed by atoms with E-state index >= 15 is 0 Å². The van der Waals surface area contributed by atoms with Gasteiger partial charge in [-0.2, -0.15) is 0 Å². The van der Waals surface area contributed by atoms with Crippen molar-refractivity contribution in [3.05, 3.63) is 36.2 Å². The molecule has 0 aliphatic rings. The minimum Gasteiger partial charge on any atom is -0.336 e. The zero-order valence-electron chi connectivity index (χ0n) is 11.6. The van der Waals surface area contributed by atoms with Gasteiger partial charge < -0.3 is 11.2 Å². The Morgan fingerprint density at radius 2 is 2.10 bits per heavy atom. The summed E-state index contributed by atoms with van der Waals surface area (Å²) in [6.07, 6.45) is 1.36. The Bertz CT molecular complexity index is 670. The lowest BCUT2D eigenvalue weighted by Gasteiger charge is -2.13. The van der Waals surface area contributed by atoms with Crippen LogP contribution < -0.4 is 11.2 Å². The largest absolute Gasteiger partial charge is 0.336 e. The SMILES string of the molecule is CC(=O)c1ccccc1NC(=O)[C@@H](C)Sc1nncn1N. The third kappa shape index (κ3) is 3.60. The van der Waals surface area contributed by atoms with Gasteiger partial charge >= 0.3 is 0 Å². The van der Waals surface area contributed by atoms with E-state index in [-0.39, 0.29) is 11.7 Å². The molecule has 1 amide bonds. The molecule has 0 spiro atoms. The fourth-order valence-corrected chi connectivity index (χ4v) is 2.41. The molecule has 2 aromatic rings. The van der Waals surface area contributed by atoms with E-state index < -0.39 is 5.25 Å². The predicted molar refractivity (Wildman–Crippen MR) is 80.6 cm³/mol. The fraction of sp³-hybridized carbons (Fsp3) is 0.231. The Kier molecular flexibility index (Phi) is 4.59. The molecule has 0 bridgehead atoms. The van der Waals surface area contributed by atoms with E-state index in [1.165, 1.54) is 29.7 Å². The van der Waals surface area contributed by atoms with Crippen molar-refractivity contribution in [2.75, 3.05) is 11.2 Å². The number of nitrogens with two attached hydrogens (primary N) is 1. The molecular weight excluding hydrogens is 290 g/mol. The standard InChI is InChI=1S/C13H15N5O2S/c1-8(19)10-5-3-4-6-11(10)16-12(20)9(2)21-13-17-15-7-18(13)14/h3-7,9H,14H2,1-2H3,(H,16,20)/t9-/m1/s1. The van der Waals surface area contributed by atoms with Crippen LogP contribution in [0.1, 0.15) is 24.2 Å². The summed E-state index contributed by atoms with van der Waals surface area (Å²) in [5, 5.41) is 10.2. The van der Waals surface area contributed by atoms with Crippen LogP contribution in [0.5, 0.6) is 0 Å². The number of Topliss-reactive ketones (excluding diaryl/α,β-unsaturated/α-hetero) is 1. The number of aromatic nitrogens is 3. The van der Waals surface area contributed by atoms with Crippen molar-refractivity contribution in [2.45, 2.75) is 24.3 Å². The molecule has 3 N–H and O–H groups in total. The Hall–Kier alpha value is -2.35. The maximum Gasteiger partial charge on any atom is 0.237 e. The number of anilines is 1. The van der Waals surface area contributed by atoms with Crippen LogP contribution in [0.3, 0.4) is 0 Å². The smallest absolute Gasteiger partial charge is 0.237 e. The average Bonchev–Trinajstić information content (AvgIpc) is 2.84. The molecular formula is C13H15N5O2S. The molecule has 1 aromatic carbocycles. The third-order valence-corrected chi connectivity index (χ3v) is 3.83. The molecule has 0 aliphatic heterocycles. The number of carbonyl (C=O) groups is 2. The number of amides is 1. The highest BCUT2D eigenvalue weighted by atomic mass is 32.2. The molecule has 7 nitrogen and oxygen atoms in total. The first-order chi connectivity index (χ1) is 9.99. The summed E-state index contributed by atoms with van der Waals surface area (Å²) in [5.41, 5.74) is 0.974. The molecule has 8 heteroatoms. The van der Waals surface area contributed by atoms with Crippen LogP contribution in [0.15, 0.2) is 35.7 Å².